The summed E-state index contributed by atoms with van der Waals surface area (Å²) in [4.78, 5) is 11.7. The Morgan fingerprint density at radius 2 is 2.05 bits per heavy atom. The SMILES string of the molecule is CC(C)CNC(=O)CCc1ccc2cc1OC(C(F)(F)F)O2. The monoisotopic (exact) mass is 317 g/mol. The van der Waals surface area contributed by atoms with E-state index in [2.05, 4.69) is 10.1 Å². The van der Waals surface area contributed by atoms with E-state index in [0.29, 0.717) is 24.4 Å². The first kappa shape index (κ1) is 16.5. The Morgan fingerprint density at radius 3 is 2.68 bits per heavy atom. The molecule has 122 valence electrons. The number of halogens is 3. The number of carbonyl (C=O) groups is 1. The summed E-state index contributed by atoms with van der Waals surface area (Å²) in [5.74, 6) is 0.432. The third-order valence-electron chi connectivity index (χ3n) is 3.11. The number of carbonyl (C=O) groups excluding carboxylic acids is 1. The molecule has 0 radical (unpaired) electrons. The predicted octanol–water partition coefficient (Wildman–Crippen LogP) is 3.05. The largest absolute Gasteiger partial charge is 0.464 e. The standard InChI is InChI=1S/C15H18F3NO3/c1-9(2)8-19-13(20)6-4-10-3-5-11-7-12(10)22-14(21-11)15(16,17)18/h3,5,7,9,14H,4,6,8H2,1-2H3,(H,19,20). The van der Waals surface area contributed by atoms with Crippen LogP contribution in [-0.2, 0) is 11.2 Å². The minimum atomic E-state index is -4.60. The zero-order valence-electron chi connectivity index (χ0n) is 12.4. The lowest BCUT2D eigenvalue weighted by molar-refractivity contribution is -0.257. The molecule has 1 aromatic carbocycles. The highest BCUT2D eigenvalue weighted by Gasteiger charge is 2.46. The van der Waals surface area contributed by atoms with Gasteiger partial charge in [0.05, 0.1) is 0 Å². The molecule has 4 nitrogen and oxygen atoms in total. The molecule has 1 aliphatic rings. The van der Waals surface area contributed by atoms with Crippen molar-refractivity contribution in [3.8, 4) is 11.5 Å². The van der Waals surface area contributed by atoms with Crippen molar-refractivity contribution in [3.63, 3.8) is 0 Å². The van der Waals surface area contributed by atoms with Gasteiger partial charge in [-0.1, -0.05) is 19.9 Å². The maximum Gasteiger partial charge on any atom is 0.464 e. The first-order valence-corrected chi connectivity index (χ1v) is 7.05. The smallest absolute Gasteiger partial charge is 0.447 e. The van der Waals surface area contributed by atoms with Gasteiger partial charge >= 0.3 is 12.5 Å². The summed E-state index contributed by atoms with van der Waals surface area (Å²) in [7, 11) is 0. The number of amides is 1. The number of benzene rings is 1. The van der Waals surface area contributed by atoms with E-state index in [0.717, 1.165) is 0 Å². The molecule has 0 spiro atoms. The summed E-state index contributed by atoms with van der Waals surface area (Å²) in [5.41, 5.74) is 0.556. The van der Waals surface area contributed by atoms with E-state index in [4.69, 9.17) is 4.74 Å². The van der Waals surface area contributed by atoms with Crippen LogP contribution in [0.5, 0.6) is 11.5 Å². The van der Waals surface area contributed by atoms with Crippen molar-refractivity contribution in [1.29, 1.82) is 0 Å². The second-order valence-corrected chi connectivity index (χ2v) is 5.58. The van der Waals surface area contributed by atoms with Crippen LogP contribution in [0.3, 0.4) is 0 Å². The minimum absolute atomic E-state index is 0.108. The Hall–Kier alpha value is -1.92. The van der Waals surface area contributed by atoms with Crippen LogP contribution in [0.2, 0.25) is 0 Å². The van der Waals surface area contributed by atoms with Crippen LogP contribution in [0.25, 0.3) is 0 Å². The molecule has 2 bridgehead atoms. The van der Waals surface area contributed by atoms with E-state index in [1.54, 1.807) is 6.07 Å². The van der Waals surface area contributed by atoms with Crippen LogP contribution in [0.1, 0.15) is 25.8 Å². The fraction of sp³-hybridized carbons (Fsp3) is 0.533. The molecule has 2 rings (SSSR count). The zero-order chi connectivity index (χ0) is 16.3. The topological polar surface area (TPSA) is 47.6 Å². The molecule has 0 aliphatic carbocycles. The molecule has 1 N–H and O–H groups in total. The first-order chi connectivity index (χ1) is 10.3. The van der Waals surface area contributed by atoms with Gasteiger partial charge in [0, 0.05) is 19.0 Å². The van der Waals surface area contributed by atoms with E-state index in [9.17, 15) is 18.0 Å². The highest BCUT2D eigenvalue weighted by atomic mass is 19.4. The molecule has 0 saturated carbocycles. The number of hydrogen-bond donors (Lipinski definition) is 1. The molecule has 1 amide bonds. The minimum Gasteiger partial charge on any atom is -0.447 e. The van der Waals surface area contributed by atoms with Crippen molar-refractivity contribution in [2.75, 3.05) is 6.54 Å². The van der Waals surface area contributed by atoms with Gasteiger partial charge in [-0.15, -0.1) is 0 Å². The maximum atomic E-state index is 12.7. The van der Waals surface area contributed by atoms with Crippen LogP contribution in [-0.4, -0.2) is 24.9 Å². The maximum absolute atomic E-state index is 12.7. The van der Waals surface area contributed by atoms with Crippen LogP contribution in [0.15, 0.2) is 18.2 Å². The van der Waals surface area contributed by atoms with Gasteiger partial charge in [0.25, 0.3) is 0 Å². The summed E-state index contributed by atoms with van der Waals surface area (Å²) in [6, 6.07) is 4.47. The molecule has 7 heteroatoms. The Labute approximate surface area is 126 Å². The molecule has 0 saturated heterocycles. The molecule has 1 aliphatic heterocycles. The Balaban J connectivity index is 1.97. The number of aryl methyl sites for hydroxylation is 1. The number of fused-ring (bicyclic) bond motifs is 2. The third kappa shape index (κ3) is 4.29. The third-order valence-corrected chi connectivity index (χ3v) is 3.11. The summed E-state index contributed by atoms with van der Waals surface area (Å²) >= 11 is 0. The summed E-state index contributed by atoms with van der Waals surface area (Å²) in [6.07, 6.45) is -6.39. The highest BCUT2D eigenvalue weighted by molar-refractivity contribution is 5.76. The van der Waals surface area contributed by atoms with Crippen molar-refractivity contribution in [2.45, 2.75) is 39.2 Å². The molecule has 0 aromatic heterocycles. The van der Waals surface area contributed by atoms with Gasteiger partial charge in [-0.3, -0.25) is 4.79 Å². The van der Waals surface area contributed by atoms with Crippen molar-refractivity contribution in [2.24, 2.45) is 5.92 Å². The van der Waals surface area contributed by atoms with Gasteiger partial charge in [0.1, 0.15) is 11.5 Å². The summed E-state index contributed by atoms with van der Waals surface area (Å²) in [6.45, 7) is 4.54. The van der Waals surface area contributed by atoms with Crippen LogP contribution < -0.4 is 14.8 Å². The quantitative estimate of drug-likeness (QED) is 0.908. The van der Waals surface area contributed by atoms with Crippen LogP contribution in [0.4, 0.5) is 13.2 Å². The lowest BCUT2D eigenvalue weighted by atomic mass is 10.1. The van der Waals surface area contributed by atoms with Gasteiger partial charge in [0.15, 0.2) is 0 Å². The zero-order valence-corrected chi connectivity index (χ0v) is 12.4. The molecular formula is C15H18F3NO3. The van der Waals surface area contributed by atoms with Crippen molar-refractivity contribution >= 4 is 5.91 Å². The average Bonchev–Trinajstić information content (AvgIpc) is 2.43. The molecule has 1 heterocycles. The number of alkyl halides is 3. The van der Waals surface area contributed by atoms with E-state index in [1.165, 1.54) is 12.1 Å². The van der Waals surface area contributed by atoms with Gasteiger partial charge in [0.2, 0.25) is 5.91 Å². The molecule has 1 unspecified atom stereocenters. The summed E-state index contributed by atoms with van der Waals surface area (Å²) < 4.78 is 47.5. The van der Waals surface area contributed by atoms with E-state index < -0.39 is 12.5 Å². The highest BCUT2D eigenvalue weighted by Crippen LogP contribution is 2.36. The Kier molecular flexibility index (Phi) is 4.83. The average molecular weight is 317 g/mol. The van der Waals surface area contributed by atoms with E-state index >= 15 is 0 Å². The van der Waals surface area contributed by atoms with Crippen LogP contribution >= 0.6 is 0 Å². The van der Waals surface area contributed by atoms with Crippen molar-refractivity contribution in [1.82, 2.24) is 5.32 Å². The van der Waals surface area contributed by atoms with E-state index in [-0.39, 0.29) is 23.8 Å². The molecular weight excluding hydrogens is 299 g/mol. The Morgan fingerprint density at radius 1 is 1.32 bits per heavy atom. The molecule has 1 aromatic rings. The fourth-order valence-corrected chi connectivity index (χ4v) is 1.98. The lowest BCUT2D eigenvalue weighted by Crippen LogP contribution is -2.41. The number of hydrogen-bond acceptors (Lipinski definition) is 3. The normalized spacial score (nSPS) is 16.9. The number of nitrogens with one attached hydrogen (secondary N) is 1. The lowest BCUT2D eigenvalue weighted by Gasteiger charge is -2.28. The van der Waals surface area contributed by atoms with Gasteiger partial charge < -0.3 is 14.8 Å². The van der Waals surface area contributed by atoms with Gasteiger partial charge in [-0.25, -0.2) is 0 Å². The Bertz CT molecular complexity index is 543. The number of rotatable bonds is 5. The second kappa shape index (κ2) is 6.46. The van der Waals surface area contributed by atoms with Gasteiger partial charge in [-0.05, 0) is 24.0 Å². The first-order valence-electron chi connectivity index (χ1n) is 7.05. The number of ether oxygens (including phenoxy) is 2. The molecule has 22 heavy (non-hydrogen) atoms. The predicted molar refractivity (Wildman–Crippen MR) is 73.7 cm³/mol. The summed E-state index contributed by atoms with van der Waals surface area (Å²) in [5, 5.41) is 2.76. The fourth-order valence-electron chi connectivity index (χ4n) is 1.98. The van der Waals surface area contributed by atoms with Crippen LogP contribution in [0, 0.1) is 5.92 Å². The van der Waals surface area contributed by atoms with E-state index in [1.807, 2.05) is 13.8 Å². The molecule has 1 atom stereocenters. The van der Waals surface area contributed by atoms with Gasteiger partial charge in [-0.2, -0.15) is 13.2 Å². The van der Waals surface area contributed by atoms with Crippen molar-refractivity contribution < 1.29 is 27.4 Å². The van der Waals surface area contributed by atoms with Crippen molar-refractivity contribution in [3.05, 3.63) is 23.8 Å². The second-order valence-electron chi connectivity index (χ2n) is 5.58. The molecule has 0 fully saturated rings.